The first-order valence-corrected chi connectivity index (χ1v) is 11.4. The van der Waals surface area contributed by atoms with E-state index in [0.717, 1.165) is 29.0 Å². The first-order chi connectivity index (χ1) is 16.8. The van der Waals surface area contributed by atoms with Crippen molar-refractivity contribution >= 4 is 39.5 Å². The van der Waals surface area contributed by atoms with E-state index < -0.39 is 17.5 Å². The number of nitrogens with zero attached hydrogens (tertiary/aromatic N) is 2. The van der Waals surface area contributed by atoms with Gasteiger partial charge in [-0.15, -0.1) is 0 Å². The molecule has 4 aromatic rings. The van der Waals surface area contributed by atoms with Crippen molar-refractivity contribution in [2.45, 2.75) is 13.5 Å². The third-order valence-electron chi connectivity index (χ3n) is 5.20. The highest BCUT2D eigenvalue weighted by Gasteiger charge is 2.24. The first-order valence-electron chi connectivity index (χ1n) is 10.6. The summed E-state index contributed by atoms with van der Waals surface area (Å²) in [5.74, 6) is -1.45. The van der Waals surface area contributed by atoms with Crippen LogP contribution in [0.15, 0.2) is 72.9 Å². The van der Waals surface area contributed by atoms with Gasteiger partial charge in [-0.2, -0.15) is 0 Å². The smallest absolute Gasteiger partial charge is 0.270 e. The fourth-order valence-corrected chi connectivity index (χ4v) is 4.14. The molecule has 1 amide bonds. The number of hydrogen-bond acceptors (Lipinski definition) is 6. The molecule has 0 aliphatic heterocycles. The van der Waals surface area contributed by atoms with Gasteiger partial charge in [0.25, 0.3) is 5.91 Å². The Morgan fingerprint density at radius 1 is 1.03 bits per heavy atom. The fourth-order valence-electron chi connectivity index (χ4n) is 3.36. The number of carbonyl (C=O) groups is 2. The van der Waals surface area contributed by atoms with Crippen LogP contribution in [0.1, 0.15) is 32.5 Å². The van der Waals surface area contributed by atoms with Gasteiger partial charge in [0.2, 0.25) is 0 Å². The van der Waals surface area contributed by atoms with E-state index in [0.29, 0.717) is 22.1 Å². The number of nitrogens with one attached hydrogen (secondary N) is 1. The Balaban J connectivity index is 1.60. The summed E-state index contributed by atoms with van der Waals surface area (Å²) in [4.78, 5) is 30.7. The monoisotopic (exact) mass is 493 g/mol. The van der Waals surface area contributed by atoms with Crippen LogP contribution in [-0.4, -0.2) is 23.8 Å². The summed E-state index contributed by atoms with van der Waals surface area (Å²) in [6.07, 6.45) is 1.40. The molecule has 0 radical (unpaired) electrons. The number of amides is 1. The highest BCUT2D eigenvalue weighted by atomic mass is 32.1. The lowest BCUT2D eigenvalue weighted by Gasteiger charge is -2.23. The SMILES string of the molecule is COc1ccc(CN(C(=O)c2cnc(Nc3ccc(C(C)=O)cc3)s2)c2ccc(F)cc2F)cc1. The van der Waals surface area contributed by atoms with E-state index in [-0.39, 0.29) is 22.9 Å². The highest BCUT2D eigenvalue weighted by Crippen LogP contribution is 2.29. The van der Waals surface area contributed by atoms with Crippen molar-refractivity contribution in [3.05, 3.63) is 101 Å². The van der Waals surface area contributed by atoms with Gasteiger partial charge in [-0.3, -0.25) is 9.59 Å². The van der Waals surface area contributed by atoms with Crippen LogP contribution in [0.2, 0.25) is 0 Å². The minimum Gasteiger partial charge on any atom is -0.497 e. The molecular weight excluding hydrogens is 472 g/mol. The summed E-state index contributed by atoms with van der Waals surface area (Å²) >= 11 is 1.10. The van der Waals surface area contributed by atoms with Crippen LogP contribution in [0.3, 0.4) is 0 Å². The topological polar surface area (TPSA) is 71.5 Å². The number of anilines is 3. The molecule has 0 atom stereocenters. The lowest BCUT2D eigenvalue weighted by molar-refractivity contribution is 0.0985. The summed E-state index contributed by atoms with van der Waals surface area (Å²) in [5, 5.41) is 3.54. The molecule has 1 aromatic heterocycles. The third-order valence-corrected chi connectivity index (χ3v) is 6.11. The van der Waals surface area contributed by atoms with Crippen LogP contribution in [0.25, 0.3) is 0 Å². The first kappa shape index (κ1) is 24.0. The van der Waals surface area contributed by atoms with Gasteiger partial charge < -0.3 is 15.0 Å². The maximum absolute atomic E-state index is 14.7. The van der Waals surface area contributed by atoms with Gasteiger partial charge in [0.05, 0.1) is 25.5 Å². The summed E-state index contributed by atoms with van der Waals surface area (Å²) < 4.78 is 33.4. The van der Waals surface area contributed by atoms with Crippen LogP contribution in [0.4, 0.5) is 25.3 Å². The molecule has 0 bridgehead atoms. The molecular formula is C26H21F2N3O3S. The second-order valence-corrected chi connectivity index (χ2v) is 8.65. The number of Topliss-reactive ketones (excluding diaryl/α,β-unsaturated/α-hetero) is 1. The van der Waals surface area contributed by atoms with E-state index in [9.17, 15) is 18.4 Å². The van der Waals surface area contributed by atoms with E-state index >= 15 is 0 Å². The molecule has 1 heterocycles. The standard InChI is InChI=1S/C26H21F2N3O3S/c1-16(32)18-5-8-20(9-6-18)30-26-29-14-24(35-26)25(33)31(23-12-7-19(27)13-22(23)28)15-17-3-10-21(34-2)11-4-17/h3-14H,15H2,1-2H3,(H,29,30). The van der Waals surface area contributed by atoms with E-state index in [2.05, 4.69) is 10.3 Å². The Kier molecular flexibility index (Phi) is 7.17. The Morgan fingerprint density at radius 2 is 1.74 bits per heavy atom. The van der Waals surface area contributed by atoms with Gasteiger partial charge in [0.1, 0.15) is 22.3 Å². The van der Waals surface area contributed by atoms with Crippen LogP contribution in [-0.2, 0) is 6.54 Å². The van der Waals surface area contributed by atoms with Crippen molar-refractivity contribution in [3.8, 4) is 5.75 Å². The Morgan fingerprint density at radius 3 is 2.37 bits per heavy atom. The number of rotatable bonds is 8. The van der Waals surface area contributed by atoms with E-state index in [1.807, 2.05) is 0 Å². The minimum atomic E-state index is -0.847. The maximum atomic E-state index is 14.7. The van der Waals surface area contributed by atoms with Crippen LogP contribution in [0, 0.1) is 11.6 Å². The molecule has 0 aliphatic rings. The Hall–Kier alpha value is -4.11. The predicted molar refractivity (Wildman–Crippen MR) is 132 cm³/mol. The zero-order valence-electron chi connectivity index (χ0n) is 18.9. The van der Waals surface area contributed by atoms with Crippen LogP contribution >= 0.6 is 11.3 Å². The number of aromatic nitrogens is 1. The number of carbonyl (C=O) groups excluding carboxylic acids is 2. The highest BCUT2D eigenvalue weighted by molar-refractivity contribution is 7.17. The van der Waals surface area contributed by atoms with Crippen LogP contribution < -0.4 is 15.0 Å². The average molecular weight is 494 g/mol. The number of benzene rings is 3. The molecule has 9 heteroatoms. The summed E-state index contributed by atoms with van der Waals surface area (Å²) in [6.45, 7) is 1.54. The van der Waals surface area contributed by atoms with E-state index in [1.54, 1.807) is 55.6 Å². The molecule has 0 unspecified atom stereocenters. The maximum Gasteiger partial charge on any atom is 0.270 e. The fraction of sp³-hybridized carbons (Fsp3) is 0.115. The van der Waals surface area contributed by atoms with Gasteiger partial charge in [0.15, 0.2) is 10.9 Å². The molecule has 4 rings (SSSR count). The predicted octanol–water partition coefficient (Wildman–Crippen LogP) is 6.22. The van der Waals surface area contributed by atoms with E-state index in [4.69, 9.17) is 4.74 Å². The van der Waals surface area contributed by atoms with Gasteiger partial charge >= 0.3 is 0 Å². The molecule has 6 nitrogen and oxygen atoms in total. The largest absolute Gasteiger partial charge is 0.497 e. The number of ether oxygens (including phenoxy) is 1. The minimum absolute atomic E-state index is 0.0383. The molecule has 1 N–H and O–H groups in total. The molecule has 0 saturated carbocycles. The van der Waals surface area contributed by atoms with Crippen LogP contribution in [0.5, 0.6) is 5.75 Å². The average Bonchev–Trinajstić information content (AvgIpc) is 3.32. The van der Waals surface area contributed by atoms with Crippen molar-refractivity contribution in [1.29, 1.82) is 0 Å². The molecule has 35 heavy (non-hydrogen) atoms. The van der Waals surface area contributed by atoms with Crippen molar-refractivity contribution in [3.63, 3.8) is 0 Å². The quantitative estimate of drug-likeness (QED) is 0.295. The number of thiazole rings is 1. The lowest BCUT2D eigenvalue weighted by atomic mass is 10.1. The zero-order valence-corrected chi connectivity index (χ0v) is 19.7. The Bertz CT molecular complexity index is 1360. The van der Waals surface area contributed by atoms with Gasteiger partial charge in [-0.25, -0.2) is 13.8 Å². The van der Waals surface area contributed by atoms with Gasteiger partial charge in [0, 0.05) is 17.3 Å². The molecule has 0 aliphatic carbocycles. The second kappa shape index (κ2) is 10.4. The van der Waals surface area contributed by atoms with Gasteiger partial charge in [-0.05, 0) is 61.0 Å². The normalized spacial score (nSPS) is 10.6. The summed E-state index contributed by atoms with van der Waals surface area (Å²) in [5.41, 5.74) is 1.97. The van der Waals surface area contributed by atoms with Crippen molar-refractivity contribution in [2.75, 3.05) is 17.3 Å². The molecule has 3 aromatic carbocycles. The number of methoxy groups -OCH3 is 1. The third kappa shape index (κ3) is 5.70. The molecule has 0 spiro atoms. The van der Waals surface area contributed by atoms with Crippen molar-refractivity contribution in [1.82, 2.24) is 4.98 Å². The lowest BCUT2D eigenvalue weighted by Crippen LogP contribution is -2.30. The zero-order chi connectivity index (χ0) is 24.9. The molecule has 178 valence electrons. The van der Waals surface area contributed by atoms with Gasteiger partial charge in [-0.1, -0.05) is 23.5 Å². The summed E-state index contributed by atoms with van der Waals surface area (Å²) in [6, 6.07) is 17.0. The molecule has 0 saturated heterocycles. The molecule has 0 fully saturated rings. The summed E-state index contributed by atoms with van der Waals surface area (Å²) in [7, 11) is 1.55. The number of hydrogen-bond donors (Lipinski definition) is 1. The number of ketones is 1. The number of halogens is 2. The Labute approximate surface area is 204 Å². The van der Waals surface area contributed by atoms with Crippen molar-refractivity contribution in [2.24, 2.45) is 0 Å². The second-order valence-electron chi connectivity index (χ2n) is 7.62. The van der Waals surface area contributed by atoms with Crippen molar-refractivity contribution < 1.29 is 23.1 Å². The van der Waals surface area contributed by atoms with E-state index in [1.165, 1.54) is 24.1 Å².